The highest BCUT2D eigenvalue weighted by Crippen LogP contribution is 2.29. The minimum atomic E-state index is -3.12. The van der Waals surface area contributed by atoms with Gasteiger partial charge in [-0.05, 0) is 41.5 Å². The summed E-state index contributed by atoms with van der Waals surface area (Å²) >= 11 is 0. The number of carbonyl (C=O) groups is 3. The van der Waals surface area contributed by atoms with Crippen LogP contribution in [0.15, 0.2) is 42.5 Å². The molecule has 0 aliphatic rings. The molecule has 0 bridgehead atoms. The molecular formula is C20H18O11. The van der Waals surface area contributed by atoms with Crippen LogP contribution in [0.5, 0.6) is 23.0 Å². The molecule has 0 aromatic heterocycles. The Bertz CT molecular complexity index is 1040. The highest BCUT2D eigenvalue weighted by molar-refractivity contribution is 5.93. The van der Waals surface area contributed by atoms with Crippen molar-refractivity contribution in [1.82, 2.24) is 0 Å². The Hall–Kier alpha value is -4.25. The summed E-state index contributed by atoms with van der Waals surface area (Å²) in [4.78, 5) is 35.3. The van der Waals surface area contributed by atoms with Crippen molar-refractivity contribution in [2.75, 3.05) is 0 Å². The number of carbonyl (C=O) groups excluding carboxylic acids is 1. The first-order chi connectivity index (χ1) is 14.4. The fourth-order valence-corrected chi connectivity index (χ4v) is 2.59. The van der Waals surface area contributed by atoms with E-state index < -0.39 is 59.0 Å². The lowest BCUT2D eigenvalue weighted by Crippen LogP contribution is -2.56. The van der Waals surface area contributed by atoms with E-state index in [1.807, 2.05) is 0 Å². The Balaban J connectivity index is 2.27. The predicted molar refractivity (Wildman–Crippen MR) is 102 cm³/mol. The topological polar surface area (TPSA) is 202 Å². The average molecular weight is 434 g/mol. The molecule has 2 atom stereocenters. The zero-order valence-electron chi connectivity index (χ0n) is 15.7. The van der Waals surface area contributed by atoms with E-state index in [2.05, 4.69) is 4.74 Å². The number of aromatic hydroxyl groups is 4. The number of rotatable bonds is 8. The molecule has 0 saturated carbocycles. The van der Waals surface area contributed by atoms with Gasteiger partial charge in [-0.2, -0.15) is 0 Å². The molecule has 2 rings (SSSR count). The number of phenols is 4. The van der Waals surface area contributed by atoms with E-state index in [-0.39, 0.29) is 11.1 Å². The van der Waals surface area contributed by atoms with Crippen molar-refractivity contribution in [3.8, 4) is 23.0 Å². The number of esters is 1. The largest absolute Gasteiger partial charge is 0.504 e. The van der Waals surface area contributed by atoms with E-state index >= 15 is 0 Å². The molecule has 2 aromatic rings. The van der Waals surface area contributed by atoms with Gasteiger partial charge in [0.25, 0.3) is 0 Å². The zero-order valence-corrected chi connectivity index (χ0v) is 15.7. The van der Waals surface area contributed by atoms with Crippen LogP contribution in [0.4, 0.5) is 0 Å². The van der Waals surface area contributed by atoms with Crippen LogP contribution in [0.3, 0.4) is 0 Å². The lowest BCUT2D eigenvalue weighted by Gasteiger charge is -2.29. The van der Waals surface area contributed by atoms with Crippen LogP contribution in [0.1, 0.15) is 11.1 Å². The molecule has 0 amide bonds. The predicted octanol–water partition coefficient (Wildman–Crippen LogP) is 0.577. The van der Waals surface area contributed by atoms with Crippen LogP contribution >= 0.6 is 0 Å². The summed E-state index contributed by atoms with van der Waals surface area (Å²) in [6, 6.07) is 6.61. The fourth-order valence-electron chi connectivity index (χ4n) is 2.59. The zero-order chi connectivity index (χ0) is 23.3. The number of aliphatic carboxylic acids is 2. The molecule has 0 fully saturated rings. The molecule has 11 nitrogen and oxygen atoms in total. The van der Waals surface area contributed by atoms with Crippen molar-refractivity contribution in [2.45, 2.75) is 18.1 Å². The number of ether oxygens (including phenoxy) is 1. The first-order valence-corrected chi connectivity index (χ1v) is 8.54. The molecule has 11 heteroatoms. The summed E-state index contributed by atoms with van der Waals surface area (Å²) < 4.78 is 4.66. The number of benzene rings is 2. The average Bonchev–Trinajstić information content (AvgIpc) is 2.69. The van der Waals surface area contributed by atoms with E-state index in [4.69, 9.17) is 0 Å². The maximum atomic E-state index is 12.0. The Kier molecular flexibility index (Phi) is 6.72. The van der Waals surface area contributed by atoms with Crippen LogP contribution in [0, 0.1) is 0 Å². The van der Waals surface area contributed by atoms with Gasteiger partial charge < -0.3 is 40.5 Å². The molecular weight excluding hydrogens is 416 g/mol. The molecule has 0 radical (unpaired) electrons. The van der Waals surface area contributed by atoms with Crippen LogP contribution in [-0.4, -0.2) is 65.4 Å². The second-order valence-corrected chi connectivity index (χ2v) is 6.47. The molecule has 31 heavy (non-hydrogen) atoms. The Labute approximate surface area is 174 Å². The second-order valence-electron chi connectivity index (χ2n) is 6.47. The standard InChI is InChI=1S/C20H18O11/c21-12-4-1-10(7-14(12)23)3-6-16(25)31-17(18(26)27)20(30,19(28)29)9-11-2-5-13(22)15(24)8-11/h1-8,17,21-24,30H,9H2,(H,26,27)(H,28,29)/b6-3+/t17-,20-/m1/s1. The molecule has 2 aromatic carbocycles. The van der Waals surface area contributed by atoms with Gasteiger partial charge in [0, 0.05) is 12.5 Å². The second kappa shape index (κ2) is 9.05. The SMILES string of the molecule is O=C(/C=C/c1ccc(O)c(O)c1)O[C@H](C(=O)O)[C@](O)(Cc1ccc(O)c(O)c1)C(=O)O. The minimum absolute atomic E-state index is 0.0578. The van der Waals surface area contributed by atoms with Gasteiger partial charge in [0.15, 0.2) is 23.0 Å². The van der Waals surface area contributed by atoms with Gasteiger partial charge in [-0.15, -0.1) is 0 Å². The quantitative estimate of drug-likeness (QED) is 0.174. The van der Waals surface area contributed by atoms with Crippen molar-refractivity contribution in [3.05, 3.63) is 53.6 Å². The summed E-state index contributed by atoms with van der Waals surface area (Å²) in [6.07, 6.45) is -1.59. The fraction of sp³-hybridized carbons (Fsp3) is 0.150. The third kappa shape index (κ3) is 5.42. The number of hydrogen-bond acceptors (Lipinski definition) is 9. The lowest BCUT2D eigenvalue weighted by molar-refractivity contribution is -0.192. The van der Waals surface area contributed by atoms with E-state index in [1.54, 1.807) is 0 Å². The molecule has 0 saturated heterocycles. The molecule has 0 spiro atoms. The minimum Gasteiger partial charge on any atom is -0.504 e. The Morgan fingerprint density at radius 1 is 0.903 bits per heavy atom. The van der Waals surface area contributed by atoms with Gasteiger partial charge in [-0.25, -0.2) is 14.4 Å². The molecule has 0 heterocycles. The lowest BCUT2D eigenvalue weighted by atomic mass is 9.88. The van der Waals surface area contributed by atoms with Gasteiger partial charge in [0.1, 0.15) is 0 Å². The third-order valence-electron chi connectivity index (χ3n) is 4.19. The number of carboxylic acids is 2. The summed E-state index contributed by atoms with van der Waals surface area (Å²) in [5.41, 5.74) is -2.94. The summed E-state index contributed by atoms with van der Waals surface area (Å²) in [6.45, 7) is 0. The Morgan fingerprint density at radius 3 is 2.00 bits per heavy atom. The van der Waals surface area contributed by atoms with Gasteiger partial charge in [0.2, 0.25) is 11.7 Å². The van der Waals surface area contributed by atoms with Gasteiger partial charge in [-0.3, -0.25) is 0 Å². The van der Waals surface area contributed by atoms with Crippen LogP contribution in [0.2, 0.25) is 0 Å². The van der Waals surface area contributed by atoms with Crippen molar-refractivity contribution in [1.29, 1.82) is 0 Å². The molecule has 164 valence electrons. The maximum absolute atomic E-state index is 12.0. The van der Waals surface area contributed by atoms with Crippen molar-refractivity contribution >= 4 is 24.0 Å². The number of carboxylic acid groups (broad SMARTS) is 2. The number of hydrogen-bond donors (Lipinski definition) is 7. The third-order valence-corrected chi connectivity index (χ3v) is 4.19. The van der Waals surface area contributed by atoms with E-state index in [9.17, 15) is 50.1 Å². The molecule has 0 unspecified atom stereocenters. The van der Waals surface area contributed by atoms with Crippen LogP contribution < -0.4 is 0 Å². The monoisotopic (exact) mass is 434 g/mol. The van der Waals surface area contributed by atoms with Crippen molar-refractivity contribution in [2.24, 2.45) is 0 Å². The van der Waals surface area contributed by atoms with Crippen molar-refractivity contribution < 1.29 is 54.9 Å². The number of aliphatic hydroxyl groups is 1. The summed E-state index contributed by atoms with van der Waals surface area (Å²) in [5, 5.41) is 66.9. The Morgan fingerprint density at radius 2 is 1.48 bits per heavy atom. The van der Waals surface area contributed by atoms with Crippen molar-refractivity contribution in [3.63, 3.8) is 0 Å². The van der Waals surface area contributed by atoms with Gasteiger partial charge in [0.05, 0.1) is 0 Å². The van der Waals surface area contributed by atoms with Gasteiger partial charge >= 0.3 is 17.9 Å². The van der Waals surface area contributed by atoms with E-state index in [0.717, 1.165) is 42.5 Å². The molecule has 0 aliphatic carbocycles. The summed E-state index contributed by atoms with van der Waals surface area (Å²) in [7, 11) is 0. The van der Waals surface area contributed by atoms with Crippen LogP contribution in [-0.2, 0) is 25.5 Å². The van der Waals surface area contributed by atoms with E-state index in [0.29, 0.717) is 0 Å². The number of phenolic OH excluding ortho intramolecular Hbond substituents is 4. The highest BCUT2D eigenvalue weighted by Gasteiger charge is 2.51. The molecule has 7 N–H and O–H groups in total. The smallest absolute Gasteiger partial charge is 0.348 e. The first kappa shape index (κ1) is 23.0. The summed E-state index contributed by atoms with van der Waals surface area (Å²) in [5.74, 6) is -7.30. The van der Waals surface area contributed by atoms with E-state index in [1.165, 1.54) is 6.07 Å². The molecule has 0 aliphatic heterocycles. The van der Waals surface area contributed by atoms with Crippen LogP contribution in [0.25, 0.3) is 6.08 Å². The van der Waals surface area contributed by atoms with Gasteiger partial charge in [-0.1, -0.05) is 12.1 Å². The highest BCUT2D eigenvalue weighted by atomic mass is 16.6. The first-order valence-electron chi connectivity index (χ1n) is 8.54. The maximum Gasteiger partial charge on any atom is 0.348 e. The normalized spacial score (nSPS) is 14.0.